The highest BCUT2D eigenvalue weighted by atomic mass is 32.1. The standard InChI is InChI=1S/C15H16N2OS/c1-2-18-10-9-17-13-7-4-3-6-12(13)16-15(17)14-8-5-11-19-14/h3-8,11H,2,9-10H2,1H3. The second-order valence-corrected chi connectivity index (χ2v) is 5.20. The van der Waals surface area contributed by atoms with Crippen LogP contribution in [0.25, 0.3) is 21.7 Å². The molecule has 0 amide bonds. The highest BCUT2D eigenvalue weighted by Gasteiger charge is 2.12. The number of para-hydroxylation sites is 2. The second-order valence-electron chi connectivity index (χ2n) is 4.25. The van der Waals surface area contributed by atoms with Gasteiger partial charge in [0.05, 0.1) is 22.5 Å². The van der Waals surface area contributed by atoms with Crippen molar-refractivity contribution >= 4 is 22.4 Å². The number of hydrogen-bond donors (Lipinski definition) is 0. The van der Waals surface area contributed by atoms with Gasteiger partial charge >= 0.3 is 0 Å². The van der Waals surface area contributed by atoms with E-state index in [4.69, 9.17) is 9.72 Å². The van der Waals surface area contributed by atoms with E-state index in [-0.39, 0.29) is 0 Å². The minimum Gasteiger partial charge on any atom is -0.380 e. The molecule has 0 radical (unpaired) electrons. The van der Waals surface area contributed by atoms with E-state index in [2.05, 4.69) is 40.3 Å². The van der Waals surface area contributed by atoms with Crippen molar-refractivity contribution < 1.29 is 4.74 Å². The van der Waals surface area contributed by atoms with Crippen molar-refractivity contribution in [2.75, 3.05) is 13.2 Å². The van der Waals surface area contributed by atoms with Crippen LogP contribution in [0.15, 0.2) is 41.8 Å². The lowest BCUT2D eigenvalue weighted by Crippen LogP contribution is -2.06. The van der Waals surface area contributed by atoms with Crippen LogP contribution in [0, 0.1) is 0 Å². The van der Waals surface area contributed by atoms with E-state index in [1.54, 1.807) is 11.3 Å². The fraction of sp³-hybridized carbons (Fsp3) is 0.267. The summed E-state index contributed by atoms with van der Waals surface area (Å²) >= 11 is 1.72. The Labute approximate surface area is 116 Å². The Morgan fingerprint density at radius 3 is 2.89 bits per heavy atom. The van der Waals surface area contributed by atoms with Gasteiger partial charge in [-0.3, -0.25) is 0 Å². The van der Waals surface area contributed by atoms with Gasteiger partial charge in [0.2, 0.25) is 0 Å². The third-order valence-electron chi connectivity index (χ3n) is 3.06. The van der Waals surface area contributed by atoms with Crippen LogP contribution in [0.5, 0.6) is 0 Å². The molecule has 98 valence electrons. The Kier molecular flexibility index (Phi) is 3.62. The first kappa shape index (κ1) is 12.4. The molecule has 2 aromatic heterocycles. The summed E-state index contributed by atoms with van der Waals surface area (Å²) in [5, 5.41) is 2.08. The molecule has 0 N–H and O–H groups in total. The van der Waals surface area contributed by atoms with Gasteiger partial charge in [0.1, 0.15) is 0 Å². The normalized spacial score (nSPS) is 11.2. The lowest BCUT2D eigenvalue weighted by atomic mass is 10.3. The third kappa shape index (κ3) is 2.41. The average molecular weight is 272 g/mol. The molecule has 0 aliphatic carbocycles. The van der Waals surface area contributed by atoms with E-state index in [0.717, 1.165) is 31.1 Å². The van der Waals surface area contributed by atoms with E-state index in [9.17, 15) is 0 Å². The molecule has 0 saturated carbocycles. The van der Waals surface area contributed by atoms with E-state index in [0.29, 0.717) is 0 Å². The fourth-order valence-corrected chi connectivity index (χ4v) is 2.92. The second kappa shape index (κ2) is 5.55. The van der Waals surface area contributed by atoms with Gasteiger partial charge in [-0.25, -0.2) is 4.98 Å². The predicted molar refractivity (Wildman–Crippen MR) is 79.5 cm³/mol. The van der Waals surface area contributed by atoms with E-state index < -0.39 is 0 Å². The molecule has 19 heavy (non-hydrogen) atoms. The van der Waals surface area contributed by atoms with Crippen molar-refractivity contribution in [3.63, 3.8) is 0 Å². The summed E-state index contributed by atoms with van der Waals surface area (Å²) in [5.41, 5.74) is 2.22. The summed E-state index contributed by atoms with van der Waals surface area (Å²) in [4.78, 5) is 5.95. The first-order valence-corrected chi connectivity index (χ1v) is 7.35. The summed E-state index contributed by atoms with van der Waals surface area (Å²) in [6.45, 7) is 4.32. The monoisotopic (exact) mass is 272 g/mol. The molecule has 0 spiro atoms. The molecule has 3 nitrogen and oxygen atoms in total. The molecule has 0 aliphatic rings. The van der Waals surface area contributed by atoms with Crippen LogP contribution in [0.1, 0.15) is 6.92 Å². The number of ether oxygens (including phenoxy) is 1. The van der Waals surface area contributed by atoms with Gasteiger partial charge in [0.15, 0.2) is 5.82 Å². The topological polar surface area (TPSA) is 27.1 Å². The summed E-state index contributed by atoms with van der Waals surface area (Å²) in [5.74, 6) is 1.04. The number of thiophene rings is 1. The minimum atomic E-state index is 0.717. The molecule has 0 atom stereocenters. The highest BCUT2D eigenvalue weighted by molar-refractivity contribution is 7.13. The van der Waals surface area contributed by atoms with Crippen LogP contribution in [-0.4, -0.2) is 22.8 Å². The number of benzene rings is 1. The zero-order chi connectivity index (χ0) is 13.1. The molecule has 0 fully saturated rings. The van der Waals surface area contributed by atoms with Gasteiger partial charge < -0.3 is 9.30 Å². The molecular weight excluding hydrogens is 256 g/mol. The molecule has 4 heteroatoms. The molecule has 2 heterocycles. The minimum absolute atomic E-state index is 0.717. The Hall–Kier alpha value is -1.65. The van der Waals surface area contributed by atoms with Gasteiger partial charge in [0, 0.05) is 13.2 Å². The Morgan fingerprint density at radius 1 is 1.21 bits per heavy atom. The van der Waals surface area contributed by atoms with Gasteiger partial charge in [-0.15, -0.1) is 11.3 Å². The quantitative estimate of drug-likeness (QED) is 0.661. The molecule has 3 aromatic rings. The van der Waals surface area contributed by atoms with Crippen LogP contribution in [0.2, 0.25) is 0 Å². The molecular formula is C15H16N2OS. The Morgan fingerprint density at radius 2 is 2.11 bits per heavy atom. The summed E-state index contributed by atoms with van der Waals surface area (Å²) in [7, 11) is 0. The van der Waals surface area contributed by atoms with Gasteiger partial charge in [-0.05, 0) is 30.5 Å². The van der Waals surface area contributed by atoms with Gasteiger partial charge in [-0.1, -0.05) is 18.2 Å². The lowest BCUT2D eigenvalue weighted by Gasteiger charge is -2.08. The van der Waals surface area contributed by atoms with Crippen LogP contribution < -0.4 is 0 Å². The number of aromatic nitrogens is 2. The zero-order valence-electron chi connectivity index (χ0n) is 10.9. The summed E-state index contributed by atoms with van der Waals surface area (Å²) in [6, 6.07) is 12.4. The lowest BCUT2D eigenvalue weighted by molar-refractivity contribution is 0.140. The Bertz CT molecular complexity index is 658. The largest absolute Gasteiger partial charge is 0.380 e. The molecule has 3 rings (SSSR count). The number of hydrogen-bond acceptors (Lipinski definition) is 3. The van der Waals surface area contributed by atoms with E-state index in [1.807, 2.05) is 13.0 Å². The van der Waals surface area contributed by atoms with Gasteiger partial charge in [0.25, 0.3) is 0 Å². The Balaban J connectivity index is 2.06. The molecule has 0 unspecified atom stereocenters. The molecule has 0 saturated heterocycles. The molecule has 0 bridgehead atoms. The maximum atomic E-state index is 5.48. The van der Waals surface area contributed by atoms with Crippen molar-refractivity contribution in [3.05, 3.63) is 41.8 Å². The van der Waals surface area contributed by atoms with Gasteiger partial charge in [-0.2, -0.15) is 0 Å². The van der Waals surface area contributed by atoms with Crippen molar-refractivity contribution in [2.45, 2.75) is 13.5 Å². The number of imidazole rings is 1. The van der Waals surface area contributed by atoms with Crippen molar-refractivity contribution in [3.8, 4) is 10.7 Å². The fourth-order valence-electron chi connectivity index (χ4n) is 2.20. The highest BCUT2D eigenvalue weighted by Crippen LogP contribution is 2.27. The zero-order valence-corrected chi connectivity index (χ0v) is 11.7. The average Bonchev–Trinajstić information content (AvgIpc) is 3.06. The van der Waals surface area contributed by atoms with Crippen LogP contribution in [-0.2, 0) is 11.3 Å². The van der Waals surface area contributed by atoms with Crippen molar-refractivity contribution in [1.29, 1.82) is 0 Å². The predicted octanol–water partition coefficient (Wildman–Crippen LogP) is 3.80. The van der Waals surface area contributed by atoms with Crippen molar-refractivity contribution in [2.24, 2.45) is 0 Å². The third-order valence-corrected chi connectivity index (χ3v) is 3.93. The summed E-state index contributed by atoms with van der Waals surface area (Å²) < 4.78 is 7.73. The van der Waals surface area contributed by atoms with E-state index in [1.165, 1.54) is 10.4 Å². The SMILES string of the molecule is CCOCCn1c(-c2cccs2)nc2ccccc21. The summed E-state index contributed by atoms with van der Waals surface area (Å²) in [6.07, 6.45) is 0. The van der Waals surface area contributed by atoms with Crippen LogP contribution in [0.3, 0.4) is 0 Å². The number of nitrogens with zero attached hydrogens (tertiary/aromatic N) is 2. The molecule has 0 aliphatic heterocycles. The van der Waals surface area contributed by atoms with E-state index >= 15 is 0 Å². The maximum absolute atomic E-state index is 5.48. The first-order chi connectivity index (χ1) is 9.40. The van der Waals surface area contributed by atoms with Crippen LogP contribution >= 0.6 is 11.3 Å². The smallest absolute Gasteiger partial charge is 0.151 e. The number of rotatable bonds is 5. The maximum Gasteiger partial charge on any atom is 0.151 e. The molecule has 1 aromatic carbocycles. The van der Waals surface area contributed by atoms with Crippen molar-refractivity contribution in [1.82, 2.24) is 9.55 Å². The first-order valence-electron chi connectivity index (χ1n) is 6.47. The number of fused-ring (bicyclic) bond motifs is 1. The van der Waals surface area contributed by atoms with Crippen LogP contribution in [0.4, 0.5) is 0 Å².